The summed E-state index contributed by atoms with van der Waals surface area (Å²) in [7, 11) is -3.46. The van der Waals surface area contributed by atoms with Gasteiger partial charge in [0, 0.05) is 12.1 Å². The van der Waals surface area contributed by atoms with E-state index in [2.05, 4.69) is 10.0 Å². The van der Waals surface area contributed by atoms with E-state index in [1.165, 1.54) is 0 Å². The molecule has 1 aliphatic heterocycles. The zero-order valence-electron chi connectivity index (χ0n) is 11.9. The molecule has 0 bridgehead atoms. The molecule has 1 fully saturated rings. The number of anilines is 1. The van der Waals surface area contributed by atoms with E-state index in [0.717, 1.165) is 24.3 Å². The summed E-state index contributed by atoms with van der Waals surface area (Å²) in [6, 6.07) is 7.39. The molecule has 0 aliphatic carbocycles. The summed E-state index contributed by atoms with van der Waals surface area (Å²) in [5.41, 5.74) is 0.706. The Labute approximate surface area is 125 Å². The number of benzene rings is 1. The molecule has 2 rings (SSSR count). The fraction of sp³-hybridized carbons (Fsp3) is 0.571. The molecule has 1 aromatic rings. The van der Waals surface area contributed by atoms with Crippen LogP contribution in [-0.2, 0) is 10.0 Å². The summed E-state index contributed by atoms with van der Waals surface area (Å²) in [5, 5.41) is 3.40. The van der Waals surface area contributed by atoms with Crippen molar-refractivity contribution in [2.24, 2.45) is 0 Å². The lowest BCUT2D eigenvalue weighted by Gasteiger charge is -2.25. The third-order valence-corrected chi connectivity index (χ3v) is 5.91. The molecule has 0 spiro atoms. The predicted octanol–water partition coefficient (Wildman–Crippen LogP) is 2.68. The van der Waals surface area contributed by atoms with Crippen molar-refractivity contribution in [1.29, 1.82) is 0 Å². The molecular formula is C14H22N2O2S2. The van der Waals surface area contributed by atoms with E-state index in [9.17, 15) is 8.42 Å². The molecule has 0 atom stereocenters. The van der Waals surface area contributed by atoms with Crippen LogP contribution in [0.25, 0.3) is 0 Å². The summed E-state index contributed by atoms with van der Waals surface area (Å²) in [6.07, 6.45) is 2.16. The fourth-order valence-corrected chi connectivity index (χ4v) is 4.78. The van der Waals surface area contributed by atoms with Gasteiger partial charge in [-0.3, -0.25) is 0 Å². The summed E-state index contributed by atoms with van der Waals surface area (Å²) in [5.74, 6) is 2.27. The molecule has 1 saturated heterocycles. The van der Waals surface area contributed by atoms with Crippen molar-refractivity contribution < 1.29 is 8.42 Å². The Bertz CT molecular complexity index is 538. The Hall–Kier alpha value is -0.720. The lowest BCUT2D eigenvalue weighted by molar-refractivity contribution is 0.569. The molecule has 20 heavy (non-hydrogen) atoms. The first-order valence-electron chi connectivity index (χ1n) is 6.94. The molecule has 0 amide bonds. The first-order valence-corrected chi connectivity index (χ1v) is 9.58. The molecule has 0 unspecified atom stereocenters. The maximum atomic E-state index is 12.3. The molecule has 1 heterocycles. The number of nitrogens with one attached hydrogen (secondary N) is 2. The van der Waals surface area contributed by atoms with Crippen LogP contribution in [0.4, 0.5) is 5.69 Å². The predicted molar refractivity (Wildman–Crippen MR) is 85.9 cm³/mol. The Kier molecular flexibility index (Phi) is 5.35. The summed E-state index contributed by atoms with van der Waals surface area (Å²) in [6.45, 7) is 3.65. The second kappa shape index (κ2) is 6.83. The van der Waals surface area contributed by atoms with Crippen LogP contribution >= 0.6 is 11.8 Å². The van der Waals surface area contributed by atoms with Gasteiger partial charge in [0.2, 0.25) is 10.0 Å². The lowest BCUT2D eigenvalue weighted by Crippen LogP contribution is -2.32. The average Bonchev–Trinajstić information content (AvgIpc) is 2.39. The SMILES string of the molecule is CC(C)NS(=O)(=O)c1ccccc1NC1CCSCC1. The number of hydrogen-bond acceptors (Lipinski definition) is 4. The van der Waals surface area contributed by atoms with Crippen LogP contribution in [0.1, 0.15) is 26.7 Å². The van der Waals surface area contributed by atoms with Gasteiger partial charge in [-0.1, -0.05) is 12.1 Å². The topological polar surface area (TPSA) is 58.2 Å². The van der Waals surface area contributed by atoms with Gasteiger partial charge in [-0.15, -0.1) is 0 Å². The highest BCUT2D eigenvalue weighted by atomic mass is 32.2. The van der Waals surface area contributed by atoms with Gasteiger partial charge in [-0.25, -0.2) is 13.1 Å². The Morgan fingerprint density at radius 3 is 2.50 bits per heavy atom. The highest BCUT2D eigenvalue weighted by Crippen LogP contribution is 2.25. The molecule has 0 radical (unpaired) electrons. The molecule has 1 aromatic carbocycles. The first kappa shape index (κ1) is 15.7. The summed E-state index contributed by atoms with van der Waals surface area (Å²) in [4.78, 5) is 0.340. The monoisotopic (exact) mass is 314 g/mol. The highest BCUT2D eigenvalue weighted by Gasteiger charge is 2.21. The van der Waals surface area contributed by atoms with Gasteiger partial charge in [0.15, 0.2) is 0 Å². The van der Waals surface area contributed by atoms with Gasteiger partial charge < -0.3 is 5.32 Å². The minimum atomic E-state index is -3.46. The smallest absolute Gasteiger partial charge is 0.242 e. The summed E-state index contributed by atoms with van der Waals surface area (Å²) < 4.78 is 27.3. The van der Waals surface area contributed by atoms with Crippen molar-refractivity contribution in [3.8, 4) is 0 Å². The zero-order chi connectivity index (χ0) is 14.6. The van der Waals surface area contributed by atoms with Crippen LogP contribution in [0.3, 0.4) is 0 Å². The molecule has 4 nitrogen and oxygen atoms in total. The zero-order valence-corrected chi connectivity index (χ0v) is 13.6. The standard InChI is InChI=1S/C14H22N2O2S2/c1-11(2)16-20(17,18)14-6-4-3-5-13(14)15-12-7-9-19-10-8-12/h3-6,11-12,15-16H,7-10H2,1-2H3. The van der Waals surface area contributed by atoms with E-state index in [1.54, 1.807) is 12.1 Å². The van der Waals surface area contributed by atoms with Gasteiger partial charge in [0.25, 0.3) is 0 Å². The van der Waals surface area contributed by atoms with Gasteiger partial charge in [0.1, 0.15) is 4.90 Å². The summed E-state index contributed by atoms with van der Waals surface area (Å²) >= 11 is 1.96. The Balaban J connectivity index is 2.21. The molecule has 0 aromatic heterocycles. The van der Waals surface area contributed by atoms with Crippen molar-refractivity contribution in [1.82, 2.24) is 4.72 Å². The average molecular weight is 314 g/mol. The van der Waals surface area contributed by atoms with Gasteiger partial charge in [-0.05, 0) is 50.3 Å². The van der Waals surface area contributed by atoms with Crippen molar-refractivity contribution in [3.05, 3.63) is 24.3 Å². The second-order valence-electron chi connectivity index (χ2n) is 5.30. The number of rotatable bonds is 5. The first-order chi connectivity index (χ1) is 9.49. The molecule has 0 saturated carbocycles. The number of thioether (sulfide) groups is 1. The Morgan fingerprint density at radius 1 is 1.20 bits per heavy atom. The number of sulfonamides is 1. The second-order valence-corrected chi connectivity index (χ2v) is 8.21. The number of para-hydroxylation sites is 1. The maximum absolute atomic E-state index is 12.3. The highest BCUT2D eigenvalue weighted by molar-refractivity contribution is 7.99. The van der Waals surface area contributed by atoms with E-state index in [4.69, 9.17) is 0 Å². The molecule has 1 aliphatic rings. The third-order valence-electron chi connectivity index (χ3n) is 3.15. The normalized spacial score (nSPS) is 17.4. The quantitative estimate of drug-likeness (QED) is 0.877. The molecule has 6 heteroatoms. The van der Waals surface area contributed by atoms with Crippen molar-refractivity contribution in [2.75, 3.05) is 16.8 Å². The van der Waals surface area contributed by atoms with E-state index in [1.807, 2.05) is 37.7 Å². The minimum Gasteiger partial charge on any atom is -0.381 e. The molecular weight excluding hydrogens is 292 g/mol. The van der Waals surface area contributed by atoms with Crippen LogP contribution in [0.5, 0.6) is 0 Å². The van der Waals surface area contributed by atoms with Crippen LogP contribution in [-0.4, -0.2) is 32.0 Å². The van der Waals surface area contributed by atoms with Crippen LogP contribution in [0.2, 0.25) is 0 Å². The van der Waals surface area contributed by atoms with E-state index in [0.29, 0.717) is 16.6 Å². The minimum absolute atomic E-state index is 0.112. The van der Waals surface area contributed by atoms with Gasteiger partial charge in [-0.2, -0.15) is 11.8 Å². The largest absolute Gasteiger partial charge is 0.381 e. The van der Waals surface area contributed by atoms with Crippen LogP contribution < -0.4 is 10.0 Å². The fourth-order valence-electron chi connectivity index (χ4n) is 2.26. The molecule has 2 N–H and O–H groups in total. The van der Waals surface area contributed by atoms with Crippen molar-refractivity contribution >= 4 is 27.5 Å². The third kappa shape index (κ3) is 4.14. The van der Waals surface area contributed by atoms with Gasteiger partial charge in [0.05, 0.1) is 5.69 Å². The van der Waals surface area contributed by atoms with E-state index >= 15 is 0 Å². The van der Waals surface area contributed by atoms with Crippen LogP contribution in [0.15, 0.2) is 29.2 Å². The van der Waals surface area contributed by atoms with Crippen molar-refractivity contribution in [3.63, 3.8) is 0 Å². The van der Waals surface area contributed by atoms with Crippen LogP contribution in [0, 0.1) is 0 Å². The van der Waals surface area contributed by atoms with Gasteiger partial charge >= 0.3 is 0 Å². The maximum Gasteiger partial charge on any atom is 0.242 e. The molecule has 112 valence electrons. The van der Waals surface area contributed by atoms with Crippen molar-refractivity contribution in [2.45, 2.75) is 43.7 Å². The van der Waals surface area contributed by atoms with E-state index < -0.39 is 10.0 Å². The lowest BCUT2D eigenvalue weighted by atomic mass is 10.1. The number of hydrogen-bond donors (Lipinski definition) is 2. The van der Waals surface area contributed by atoms with E-state index in [-0.39, 0.29) is 6.04 Å². The Morgan fingerprint density at radius 2 is 1.85 bits per heavy atom.